The summed E-state index contributed by atoms with van der Waals surface area (Å²) in [6, 6.07) is 12.5. The summed E-state index contributed by atoms with van der Waals surface area (Å²) in [7, 11) is 0. The van der Waals surface area contributed by atoms with E-state index in [0.717, 1.165) is 33.5 Å². The van der Waals surface area contributed by atoms with Gasteiger partial charge >= 0.3 is 0 Å². The monoisotopic (exact) mass is 356 g/mol. The van der Waals surface area contributed by atoms with Gasteiger partial charge in [0.15, 0.2) is 0 Å². The lowest BCUT2D eigenvalue weighted by Crippen LogP contribution is -2.07. The van der Waals surface area contributed by atoms with Crippen LogP contribution in [0, 0.1) is 9.39 Å². The summed E-state index contributed by atoms with van der Waals surface area (Å²) < 4.78 is 14.1. The summed E-state index contributed by atoms with van der Waals surface area (Å²) >= 11 is 2.22. The molecule has 0 saturated carbocycles. The standard InChI is InChI=1S/C14H14FIN2/c15-11-3-1-2-10(8-11)6-7-18-14-5-4-12(16)9-13(14)17/h1-5,8-9,18H,6-7,17H2. The van der Waals surface area contributed by atoms with E-state index in [1.807, 2.05) is 24.3 Å². The van der Waals surface area contributed by atoms with Gasteiger partial charge in [0.05, 0.1) is 11.4 Å². The number of benzene rings is 2. The number of anilines is 2. The molecule has 0 aliphatic rings. The molecule has 4 heteroatoms. The molecule has 2 aromatic carbocycles. The molecule has 0 aliphatic heterocycles. The Hall–Kier alpha value is -1.30. The van der Waals surface area contributed by atoms with Crippen LogP contribution in [0.5, 0.6) is 0 Å². The van der Waals surface area contributed by atoms with E-state index in [9.17, 15) is 4.39 Å². The molecular formula is C14H14FIN2. The van der Waals surface area contributed by atoms with Gasteiger partial charge in [0.25, 0.3) is 0 Å². The molecule has 0 amide bonds. The zero-order valence-electron chi connectivity index (χ0n) is 9.79. The summed E-state index contributed by atoms with van der Waals surface area (Å²) in [6.45, 7) is 0.730. The molecule has 18 heavy (non-hydrogen) atoms. The second-order valence-electron chi connectivity index (χ2n) is 4.04. The molecule has 2 rings (SSSR count). The van der Waals surface area contributed by atoms with Gasteiger partial charge in [0.1, 0.15) is 5.82 Å². The van der Waals surface area contributed by atoms with E-state index in [1.165, 1.54) is 6.07 Å². The van der Waals surface area contributed by atoms with Crippen molar-refractivity contribution in [2.24, 2.45) is 0 Å². The molecular weight excluding hydrogens is 342 g/mol. The topological polar surface area (TPSA) is 38.0 Å². The number of nitrogen functional groups attached to an aromatic ring is 1. The van der Waals surface area contributed by atoms with Gasteiger partial charge in [0.2, 0.25) is 0 Å². The fourth-order valence-electron chi connectivity index (χ4n) is 1.73. The third-order valence-electron chi connectivity index (χ3n) is 2.63. The molecule has 0 saturated heterocycles. The van der Waals surface area contributed by atoms with Crippen molar-refractivity contribution in [1.29, 1.82) is 0 Å². The number of rotatable bonds is 4. The van der Waals surface area contributed by atoms with Crippen LogP contribution in [0.3, 0.4) is 0 Å². The fraction of sp³-hybridized carbons (Fsp3) is 0.143. The van der Waals surface area contributed by atoms with Crippen molar-refractivity contribution in [2.75, 3.05) is 17.6 Å². The van der Waals surface area contributed by atoms with Crippen LogP contribution in [0.2, 0.25) is 0 Å². The summed E-state index contributed by atoms with van der Waals surface area (Å²) in [5.41, 5.74) is 8.54. The van der Waals surface area contributed by atoms with E-state index in [2.05, 4.69) is 27.9 Å². The van der Waals surface area contributed by atoms with Crippen molar-refractivity contribution < 1.29 is 4.39 Å². The third kappa shape index (κ3) is 3.60. The van der Waals surface area contributed by atoms with Crippen molar-refractivity contribution in [1.82, 2.24) is 0 Å². The zero-order valence-corrected chi connectivity index (χ0v) is 11.9. The second kappa shape index (κ2) is 6.04. The minimum Gasteiger partial charge on any atom is -0.397 e. The second-order valence-corrected chi connectivity index (χ2v) is 5.28. The predicted octanol–water partition coefficient (Wildman–Crippen LogP) is 3.67. The largest absolute Gasteiger partial charge is 0.397 e. The lowest BCUT2D eigenvalue weighted by Gasteiger charge is -2.09. The van der Waals surface area contributed by atoms with Crippen molar-refractivity contribution in [3.05, 3.63) is 57.4 Å². The molecule has 0 fully saturated rings. The molecule has 0 atom stereocenters. The van der Waals surface area contributed by atoms with Gasteiger partial charge in [-0.1, -0.05) is 12.1 Å². The average Bonchev–Trinajstić information content (AvgIpc) is 2.32. The van der Waals surface area contributed by atoms with Crippen LogP contribution in [0.15, 0.2) is 42.5 Å². The minimum absolute atomic E-state index is 0.193. The first-order valence-corrected chi connectivity index (χ1v) is 6.76. The number of hydrogen-bond acceptors (Lipinski definition) is 2. The molecule has 94 valence electrons. The maximum Gasteiger partial charge on any atom is 0.123 e. The number of halogens is 2. The van der Waals surface area contributed by atoms with Crippen LogP contribution in [-0.4, -0.2) is 6.54 Å². The molecule has 3 N–H and O–H groups in total. The quantitative estimate of drug-likeness (QED) is 0.648. The molecule has 0 unspecified atom stereocenters. The van der Waals surface area contributed by atoms with Crippen molar-refractivity contribution >= 4 is 34.0 Å². The number of nitrogens with two attached hydrogens (primary N) is 1. The smallest absolute Gasteiger partial charge is 0.123 e. The maximum atomic E-state index is 13.0. The van der Waals surface area contributed by atoms with Gasteiger partial charge in [-0.25, -0.2) is 4.39 Å². The first kappa shape index (κ1) is 13.1. The highest BCUT2D eigenvalue weighted by Gasteiger charge is 2.00. The molecule has 0 aromatic heterocycles. The molecule has 0 heterocycles. The SMILES string of the molecule is Nc1cc(I)ccc1NCCc1cccc(F)c1. The number of hydrogen-bond donors (Lipinski definition) is 2. The van der Waals surface area contributed by atoms with E-state index < -0.39 is 0 Å². The highest BCUT2D eigenvalue weighted by atomic mass is 127. The third-order valence-corrected chi connectivity index (χ3v) is 3.30. The fourth-order valence-corrected chi connectivity index (χ4v) is 2.24. The Morgan fingerprint density at radius 1 is 1.17 bits per heavy atom. The Kier molecular flexibility index (Phi) is 4.41. The zero-order chi connectivity index (χ0) is 13.0. The van der Waals surface area contributed by atoms with Crippen molar-refractivity contribution in [3.63, 3.8) is 0 Å². The summed E-state index contributed by atoms with van der Waals surface area (Å²) in [4.78, 5) is 0. The van der Waals surface area contributed by atoms with E-state index in [-0.39, 0.29) is 5.82 Å². The van der Waals surface area contributed by atoms with E-state index >= 15 is 0 Å². The van der Waals surface area contributed by atoms with Crippen molar-refractivity contribution in [3.8, 4) is 0 Å². The predicted molar refractivity (Wildman–Crippen MR) is 82.2 cm³/mol. The van der Waals surface area contributed by atoms with Gasteiger partial charge in [0, 0.05) is 10.1 Å². The van der Waals surface area contributed by atoms with Gasteiger partial charge in [-0.2, -0.15) is 0 Å². The molecule has 0 radical (unpaired) electrons. The lowest BCUT2D eigenvalue weighted by atomic mass is 10.1. The van der Waals surface area contributed by atoms with Crippen LogP contribution in [-0.2, 0) is 6.42 Å². The summed E-state index contributed by atoms with van der Waals surface area (Å²) in [5, 5.41) is 3.26. The molecule has 0 aliphatic carbocycles. The average molecular weight is 356 g/mol. The van der Waals surface area contributed by atoms with Crippen LogP contribution < -0.4 is 11.1 Å². The minimum atomic E-state index is -0.193. The Morgan fingerprint density at radius 2 is 2.00 bits per heavy atom. The van der Waals surface area contributed by atoms with E-state index in [4.69, 9.17) is 5.73 Å². The first-order chi connectivity index (χ1) is 8.65. The number of nitrogens with one attached hydrogen (secondary N) is 1. The first-order valence-electron chi connectivity index (χ1n) is 5.68. The highest BCUT2D eigenvalue weighted by molar-refractivity contribution is 14.1. The van der Waals surface area contributed by atoms with Crippen LogP contribution in [0.4, 0.5) is 15.8 Å². The molecule has 0 bridgehead atoms. The van der Waals surface area contributed by atoms with Gasteiger partial charge in [-0.15, -0.1) is 0 Å². The van der Waals surface area contributed by atoms with E-state index in [1.54, 1.807) is 12.1 Å². The summed E-state index contributed by atoms with van der Waals surface area (Å²) in [5.74, 6) is -0.193. The normalized spacial score (nSPS) is 10.3. The Labute approximate surface area is 120 Å². The van der Waals surface area contributed by atoms with Crippen molar-refractivity contribution in [2.45, 2.75) is 6.42 Å². The van der Waals surface area contributed by atoms with Gasteiger partial charge in [-0.3, -0.25) is 0 Å². The maximum absolute atomic E-state index is 13.0. The Bertz CT molecular complexity index is 543. The van der Waals surface area contributed by atoms with Crippen LogP contribution in [0.1, 0.15) is 5.56 Å². The molecule has 2 nitrogen and oxygen atoms in total. The molecule has 2 aromatic rings. The van der Waals surface area contributed by atoms with Gasteiger partial charge < -0.3 is 11.1 Å². The van der Waals surface area contributed by atoms with Crippen LogP contribution >= 0.6 is 22.6 Å². The summed E-state index contributed by atoms with van der Waals surface area (Å²) in [6.07, 6.45) is 0.767. The molecule has 0 spiro atoms. The Balaban J connectivity index is 1.92. The van der Waals surface area contributed by atoms with Gasteiger partial charge in [-0.05, 0) is 64.9 Å². The van der Waals surface area contributed by atoms with E-state index in [0.29, 0.717) is 0 Å². The Morgan fingerprint density at radius 3 is 2.72 bits per heavy atom. The highest BCUT2D eigenvalue weighted by Crippen LogP contribution is 2.20. The lowest BCUT2D eigenvalue weighted by molar-refractivity contribution is 0.625. The van der Waals surface area contributed by atoms with Crippen LogP contribution in [0.25, 0.3) is 0 Å².